The lowest BCUT2D eigenvalue weighted by molar-refractivity contribution is 0.150. The molecule has 1 aromatic rings. The van der Waals surface area contributed by atoms with Crippen LogP contribution < -0.4 is 10.5 Å². The molecule has 1 atom stereocenters. The first-order valence-electron chi connectivity index (χ1n) is 6.42. The molecule has 1 aromatic carbocycles. The molecule has 0 radical (unpaired) electrons. The third-order valence-electron chi connectivity index (χ3n) is 3.35. The van der Waals surface area contributed by atoms with Gasteiger partial charge in [0.25, 0.3) is 0 Å². The van der Waals surface area contributed by atoms with Gasteiger partial charge in [-0.05, 0) is 50.3 Å². The molecule has 1 aliphatic rings. The number of hydrogen-bond donors (Lipinski definition) is 2. The number of phenolic OH excluding ortho intramolecular Hbond substituents is 1. The number of rotatable bonds is 3. The van der Waals surface area contributed by atoms with Gasteiger partial charge < -0.3 is 15.6 Å². The van der Waals surface area contributed by atoms with Crippen molar-refractivity contribution >= 4 is 0 Å². The first-order chi connectivity index (χ1) is 8.16. The summed E-state index contributed by atoms with van der Waals surface area (Å²) in [5.41, 5.74) is 6.69. The van der Waals surface area contributed by atoms with Crippen molar-refractivity contribution in [3.63, 3.8) is 0 Å². The Morgan fingerprint density at radius 1 is 1.29 bits per heavy atom. The average molecular weight is 235 g/mol. The van der Waals surface area contributed by atoms with E-state index in [0.29, 0.717) is 5.75 Å². The Kier molecular flexibility index (Phi) is 3.89. The lowest BCUT2D eigenvalue weighted by Crippen LogP contribution is -2.19. The Morgan fingerprint density at radius 3 is 2.59 bits per heavy atom. The average Bonchev–Trinajstić information content (AvgIpc) is 2.33. The summed E-state index contributed by atoms with van der Waals surface area (Å²) >= 11 is 0. The zero-order valence-electron chi connectivity index (χ0n) is 10.4. The predicted molar refractivity (Wildman–Crippen MR) is 68.2 cm³/mol. The van der Waals surface area contributed by atoms with E-state index in [1.54, 1.807) is 6.07 Å². The molecule has 2 rings (SSSR count). The van der Waals surface area contributed by atoms with E-state index < -0.39 is 0 Å². The number of phenols is 1. The number of nitrogens with two attached hydrogens (primary N) is 1. The van der Waals surface area contributed by atoms with Crippen LogP contribution in [-0.4, -0.2) is 11.2 Å². The van der Waals surface area contributed by atoms with Crippen LogP contribution in [0.5, 0.6) is 11.5 Å². The molecule has 1 fully saturated rings. The van der Waals surface area contributed by atoms with Crippen molar-refractivity contribution in [2.24, 2.45) is 5.73 Å². The van der Waals surface area contributed by atoms with E-state index in [2.05, 4.69) is 0 Å². The largest absolute Gasteiger partial charge is 0.504 e. The fraction of sp³-hybridized carbons (Fsp3) is 0.571. The van der Waals surface area contributed by atoms with E-state index in [-0.39, 0.29) is 17.9 Å². The molecule has 0 amide bonds. The third-order valence-corrected chi connectivity index (χ3v) is 3.35. The summed E-state index contributed by atoms with van der Waals surface area (Å²) in [5.74, 6) is 0.784. The molecule has 0 aromatic heterocycles. The van der Waals surface area contributed by atoms with Crippen molar-refractivity contribution in [1.82, 2.24) is 0 Å². The molecule has 1 aliphatic carbocycles. The molecular weight excluding hydrogens is 214 g/mol. The lowest BCUT2D eigenvalue weighted by Gasteiger charge is -2.23. The van der Waals surface area contributed by atoms with Crippen molar-refractivity contribution in [3.05, 3.63) is 23.8 Å². The van der Waals surface area contributed by atoms with Crippen molar-refractivity contribution in [1.29, 1.82) is 0 Å². The summed E-state index contributed by atoms with van der Waals surface area (Å²) in [6.07, 6.45) is 6.20. The van der Waals surface area contributed by atoms with Crippen LogP contribution in [0.4, 0.5) is 0 Å². The van der Waals surface area contributed by atoms with Crippen LogP contribution in [0.15, 0.2) is 18.2 Å². The number of hydrogen-bond acceptors (Lipinski definition) is 3. The van der Waals surface area contributed by atoms with Crippen molar-refractivity contribution in [3.8, 4) is 11.5 Å². The highest BCUT2D eigenvalue weighted by atomic mass is 16.5. The van der Waals surface area contributed by atoms with E-state index in [1.807, 2.05) is 19.1 Å². The molecule has 3 heteroatoms. The Hall–Kier alpha value is -1.22. The fourth-order valence-electron chi connectivity index (χ4n) is 2.28. The molecule has 0 saturated heterocycles. The van der Waals surface area contributed by atoms with Crippen LogP contribution >= 0.6 is 0 Å². The van der Waals surface area contributed by atoms with Crippen molar-refractivity contribution < 1.29 is 9.84 Å². The molecular formula is C14H21NO2. The van der Waals surface area contributed by atoms with Gasteiger partial charge in [0.1, 0.15) is 0 Å². The number of ether oxygens (including phenoxy) is 1. The highest BCUT2D eigenvalue weighted by Gasteiger charge is 2.16. The molecule has 0 aliphatic heterocycles. The summed E-state index contributed by atoms with van der Waals surface area (Å²) in [4.78, 5) is 0. The van der Waals surface area contributed by atoms with Crippen LogP contribution in [0.3, 0.4) is 0 Å². The van der Waals surface area contributed by atoms with Gasteiger partial charge in [-0.1, -0.05) is 12.5 Å². The van der Waals surface area contributed by atoms with Gasteiger partial charge in [-0.2, -0.15) is 0 Å². The monoisotopic (exact) mass is 235 g/mol. The first-order valence-corrected chi connectivity index (χ1v) is 6.42. The predicted octanol–water partition coefficient (Wildman–Crippen LogP) is 3.12. The van der Waals surface area contributed by atoms with Gasteiger partial charge >= 0.3 is 0 Å². The second-order valence-corrected chi connectivity index (χ2v) is 4.89. The minimum Gasteiger partial charge on any atom is -0.504 e. The van der Waals surface area contributed by atoms with E-state index in [4.69, 9.17) is 10.5 Å². The highest BCUT2D eigenvalue weighted by Crippen LogP contribution is 2.32. The normalized spacial score (nSPS) is 18.9. The molecule has 1 saturated carbocycles. The second kappa shape index (κ2) is 5.41. The van der Waals surface area contributed by atoms with Gasteiger partial charge in [-0.15, -0.1) is 0 Å². The third kappa shape index (κ3) is 3.13. The summed E-state index contributed by atoms with van der Waals surface area (Å²) in [5, 5.41) is 9.89. The standard InChI is InChI=1S/C14H21NO2/c1-10(15)11-7-8-14(13(16)9-11)17-12-5-3-2-4-6-12/h7-10,12,16H,2-6,15H2,1H3. The topological polar surface area (TPSA) is 55.5 Å². The SMILES string of the molecule is CC(N)c1ccc(OC2CCCCC2)c(O)c1. The van der Waals surface area contributed by atoms with Crippen LogP contribution in [0, 0.1) is 0 Å². The van der Waals surface area contributed by atoms with Gasteiger partial charge in [0.2, 0.25) is 0 Å². The number of aromatic hydroxyl groups is 1. The smallest absolute Gasteiger partial charge is 0.161 e. The van der Waals surface area contributed by atoms with Gasteiger partial charge in [0, 0.05) is 6.04 Å². The Labute approximate surface area is 103 Å². The molecule has 0 heterocycles. The van der Waals surface area contributed by atoms with Gasteiger partial charge in [0.05, 0.1) is 6.10 Å². The summed E-state index contributed by atoms with van der Waals surface area (Å²) < 4.78 is 5.83. The molecule has 0 bridgehead atoms. The van der Waals surface area contributed by atoms with E-state index >= 15 is 0 Å². The summed E-state index contributed by atoms with van der Waals surface area (Å²) in [6, 6.07) is 5.37. The van der Waals surface area contributed by atoms with Crippen molar-refractivity contribution in [2.75, 3.05) is 0 Å². The van der Waals surface area contributed by atoms with Crippen LogP contribution in [0.1, 0.15) is 50.6 Å². The van der Waals surface area contributed by atoms with Crippen molar-refractivity contribution in [2.45, 2.75) is 51.2 Å². The summed E-state index contributed by atoms with van der Waals surface area (Å²) in [6.45, 7) is 1.90. The minimum atomic E-state index is -0.0652. The van der Waals surface area contributed by atoms with Gasteiger partial charge in [-0.25, -0.2) is 0 Å². The number of benzene rings is 1. The Bertz CT molecular complexity index is 370. The van der Waals surface area contributed by atoms with E-state index in [1.165, 1.54) is 19.3 Å². The second-order valence-electron chi connectivity index (χ2n) is 4.89. The molecule has 94 valence electrons. The van der Waals surface area contributed by atoms with Gasteiger partial charge in [0.15, 0.2) is 11.5 Å². The van der Waals surface area contributed by atoms with Crippen LogP contribution in [0.2, 0.25) is 0 Å². The minimum absolute atomic E-state index is 0.0652. The van der Waals surface area contributed by atoms with Crippen LogP contribution in [0.25, 0.3) is 0 Å². The van der Waals surface area contributed by atoms with Crippen LogP contribution in [-0.2, 0) is 0 Å². The maximum Gasteiger partial charge on any atom is 0.161 e. The molecule has 3 nitrogen and oxygen atoms in total. The molecule has 17 heavy (non-hydrogen) atoms. The molecule has 3 N–H and O–H groups in total. The Morgan fingerprint density at radius 2 is 2.00 bits per heavy atom. The highest BCUT2D eigenvalue weighted by molar-refractivity contribution is 5.42. The van der Waals surface area contributed by atoms with E-state index in [9.17, 15) is 5.11 Å². The Balaban J connectivity index is 2.05. The zero-order chi connectivity index (χ0) is 12.3. The lowest BCUT2D eigenvalue weighted by atomic mass is 9.98. The van der Waals surface area contributed by atoms with E-state index in [0.717, 1.165) is 18.4 Å². The molecule has 0 spiro atoms. The summed E-state index contributed by atoms with van der Waals surface area (Å²) in [7, 11) is 0. The maximum absolute atomic E-state index is 9.89. The quantitative estimate of drug-likeness (QED) is 0.846. The van der Waals surface area contributed by atoms with Gasteiger partial charge in [-0.3, -0.25) is 0 Å². The fourth-order valence-corrected chi connectivity index (χ4v) is 2.28. The first kappa shape index (κ1) is 12.2. The molecule has 1 unspecified atom stereocenters. The zero-order valence-corrected chi connectivity index (χ0v) is 10.4. The maximum atomic E-state index is 9.89.